The summed E-state index contributed by atoms with van der Waals surface area (Å²) >= 11 is 2.08. The number of aliphatic imine (C=N–C) groups is 1. The summed E-state index contributed by atoms with van der Waals surface area (Å²) in [5.74, 6) is -1.29. The van der Waals surface area contributed by atoms with Gasteiger partial charge in [0.1, 0.15) is 58.0 Å². The van der Waals surface area contributed by atoms with Crippen LogP contribution in [0.5, 0.6) is 5.75 Å². The number of rotatable bonds is 7. The van der Waals surface area contributed by atoms with Gasteiger partial charge >= 0.3 is 18.8 Å². The number of pyridine rings is 1. The highest BCUT2D eigenvalue weighted by molar-refractivity contribution is 8.13. The van der Waals surface area contributed by atoms with Gasteiger partial charge in [-0.25, -0.2) is 33.3 Å². The number of nitrogens with zero attached hydrogens (tertiary/aromatic N) is 4. The Morgan fingerprint density at radius 1 is 1.09 bits per heavy atom. The molecule has 47 heavy (non-hydrogen) atoms. The van der Waals surface area contributed by atoms with Crippen LogP contribution < -0.4 is 10.1 Å². The zero-order chi connectivity index (χ0) is 34.8. The predicted molar refractivity (Wildman–Crippen MR) is 166 cm³/mol. The lowest BCUT2D eigenvalue weighted by Gasteiger charge is -2.49. The maximum Gasteiger partial charge on any atom is 0.426 e. The van der Waals surface area contributed by atoms with Crippen molar-refractivity contribution >= 4 is 52.2 Å². The summed E-state index contributed by atoms with van der Waals surface area (Å²) in [6.07, 6.45) is -1.22. The minimum atomic E-state index is -3.06. The molecule has 1 fully saturated rings. The first-order valence-electron chi connectivity index (χ1n) is 14.3. The molecule has 0 spiro atoms. The number of thioether (sulfide) groups is 1. The number of amidine groups is 1. The van der Waals surface area contributed by atoms with Crippen LogP contribution in [0, 0.1) is 5.92 Å². The predicted octanol–water partition coefficient (Wildman–Crippen LogP) is 6.58. The molecule has 12 nitrogen and oxygen atoms in total. The van der Waals surface area contributed by atoms with E-state index in [9.17, 15) is 31.9 Å². The molecule has 1 N–H and O–H groups in total. The van der Waals surface area contributed by atoms with Gasteiger partial charge < -0.3 is 24.3 Å². The lowest BCUT2D eigenvalue weighted by molar-refractivity contribution is -0.149. The van der Waals surface area contributed by atoms with E-state index in [1.165, 1.54) is 11.4 Å². The van der Waals surface area contributed by atoms with Crippen molar-refractivity contribution in [2.24, 2.45) is 10.9 Å². The van der Waals surface area contributed by atoms with Crippen LogP contribution in [-0.4, -0.2) is 87.3 Å². The largest absolute Gasteiger partial charge is 0.443 e. The fourth-order valence-corrected chi connectivity index (χ4v) is 6.83. The van der Waals surface area contributed by atoms with Crippen molar-refractivity contribution in [2.45, 2.75) is 76.9 Å². The normalized spacial score (nSPS) is 20.9. The Balaban J connectivity index is 1.71. The van der Waals surface area contributed by atoms with Gasteiger partial charge in [-0.15, -0.1) is 11.3 Å². The fourth-order valence-electron chi connectivity index (χ4n) is 4.62. The van der Waals surface area contributed by atoms with Gasteiger partial charge in [0.05, 0.1) is 12.8 Å². The number of nitrogens with one attached hydrogen (secondary N) is 1. The molecule has 18 heteroatoms. The molecule has 2 aliphatic rings. The number of thiazole rings is 1. The fraction of sp³-hybridized carbons (Fsp3) is 0.586. The topological polar surface area (TPSA) is 142 Å². The van der Waals surface area contributed by atoms with Crippen LogP contribution in [0.1, 0.15) is 63.5 Å². The maximum absolute atomic E-state index is 14.1. The summed E-state index contributed by atoms with van der Waals surface area (Å²) in [6, 6.07) is 2.34. The van der Waals surface area contributed by atoms with Crippen LogP contribution >= 0.6 is 23.1 Å². The highest BCUT2D eigenvalue weighted by atomic mass is 32.2. The van der Waals surface area contributed by atoms with E-state index in [0.717, 1.165) is 35.4 Å². The molecule has 3 amide bonds. The Kier molecular flexibility index (Phi) is 10.8. The Labute approximate surface area is 276 Å². The first-order valence-corrected chi connectivity index (χ1v) is 16.2. The second kappa shape index (κ2) is 13.9. The number of ether oxygens (including phenoxy) is 4. The maximum atomic E-state index is 14.1. The van der Waals surface area contributed by atoms with Gasteiger partial charge in [-0.2, -0.15) is 13.7 Å². The van der Waals surface area contributed by atoms with Gasteiger partial charge in [-0.3, -0.25) is 4.79 Å². The van der Waals surface area contributed by atoms with Crippen LogP contribution in [0.15, 0.2) is 28.7 Å². The van der Waals surface area contributed by atoms with E-state index in [-0.39, 0.29) is 46.2 Å². The number of imide groups is 1. The van der Waals surface area contributed by atoms with Gasteiger partial charge in [0.2, 0.25) is 0 Å². The monoisotopic (exact) mass is 705 g/mol. The first-order chi connectivity index (χ1) is 21.9. The first kappa shape index (κ1) is 36.3. The average molecular weight is 706 g/mol. The number of hydrogen-bond donors (Lipinski definition) is 1. The molecule has 0 saturated carbocycles. The Bertz CT molecular complexity index is 1460. The van der Waals surface area contributed by atoms with Crippen molar-refractivity contribution in [3.63, 3.8) is 0 Å². The summed E-state index contributed by atoms with van der Waals surface area (Å²) in [5.41, 5.74) is -5.23. The Morgan fingerprint density at radius 3 is 2.26 bits per heavy atom. The molecule has 0 aromatic carbocycles. The van der Waals surface area contributed by atoms with Crippen LogP contribution in [0.4, 0.5) is 33.0 Å². The molecule has 2 aromatic rings. The van der Waals surface area contributed by atoms with Crippen molar-refractivity contribution in [3.8, 4) is 5.75 Å². The van der Waals surface area contributed by atoms with Crippen LogP contribution in [-0.2, 0) is 19.7 Å². The minimum Gasteiger partial charge on any atom is -0.443 e. The number of alkyl halides is 4. The molecule has 2 atom stereocenters. The van der Waals surface area contributed by atoms with Crippen LogP contribution in [0.25, 0.3) is 0 Å². The SMILES string of the molecule is CC(C)(C)OC(=O)N(C(=O)OC(C)(C)C)C1=N[C@@]2(c3nc(NC(=O)c4ccc(OC(F)F)cn4)cs3)COC(CF)(CF)C[C@H]2CS1. The molecule has 2 aliphatic heterocycles. The van der Waals surface area contributed by atoms with Crippen molar-refractivity contribution < 1.29 is 50.9 Å². The molecule has 4 heterocycles. The van der Waals surface area contributed by atoms with Crippen molar-refractivity contribution in [3.05, 3.63) is 34.4 Å². The smallest absolute Gasteiger partial charge is 0.426 e. The zero-order valence-corrected chi connectivity index (χ0v) is 28.1. The van der Waals surface area contributed by atoms with Crippen molar-refractivity contribution in [1.82, 2.24) is 14.9 Å². The summed E-state index contributed by atoms with van der Waals surface area (Å²) in [4.78, 5) is 53.5. The molecule has 2 aromatic heterocycles. The molecule has 258 valence electrons. The van der Waals surface area contributed by atoms with E-state index < -0.39 is 66.3 Å². The van der Waals surface area contributed by atoms with E-state index in [1.54, 1.807) is 41.5 Å². The Hall–Kier alpha value is -3.51. The standard InChI is InChI=1S/C29H35F4N5O7S2/c1-26(2,3)44-24(40)38(25(41)45-27(4,5)6)23-37-29(15-42-28(13-30,14-31)9-16(29)11-47-23)21-36-19(12-46-21)35-20(39)18-8-7-17(10-34-18)43-22(32)33/h7-8,10,12,16,22H,9,11,13-15H2,1-6H3,(H,35,39)/t16-,29-/m0/s1. The summed E-state index contributed by atoms with van der Waals surface area (Å²) in [5, 5.41) is 4.23. The van der Waals surface area contributed by atoms with Gasteiger partial charge in [-0.1, -0.05) is 11.8 Å². The number of hydrogen-bond acceptors (Lipinski definition) is 12. The number of anilines is 1. The van der Waals surface area contributed by atoms with Gasteiger partial charge in [0.15, 0.2) is 5.17 Å². The van der Waals surface area contributed by atoms with E-state index >= 15 is 0 Å². The molecule has 1 saturated heterocycles. The Morgan fingerprint density at radius 2 is 1.72 bits per heavy atom. The number of amides is 3. The van der Waals surface area contributed by atoms with Gasteiger partial charge in [0.25, 0.3) is 5.91 Å². The number of halogens is 4. The molecule has 0 aliphatic carbocycles. The van der Waals surface area contributed by atoms with E-state index in [4.69, 9.17) is 19.2 Å². The third kappa shape index (κ3) is 8.70. The second-order valence-corrected chi connectivity index (χ2v) is 14.7. The highest BCUT2D eigenvalue weighted by Crippen LogP contribution is 2.50. The average Bonchev–Trinajstić information content (AvgIpc) is 3.44. The van der Waals surface area contributed by atoms with E-state index in [1.807, 2.05) is 0 Å². The van der Waals surface area contributed by atoms with Crippen molar-refractivity contribution in [1.29, 1.82) is 0 Å². The quantitative estimate of drug-likeness (QED) is 0.314. The summed E-state index contributed by atoms with van der Waals surface area (Å²) in [6.45, 7) is 4.15. The van der Waals surface area contributed by atoms with E-state index in [2.05, 4.69) is 20.0 Å². The molecular formula is C29H35F4N5O7S2. The van der Waals surface area contributed by atoms with Crippen LogP contribution in [0.3, 0.4) is 0 Å². The van der Waals surface area contributed by atoms with E-state index in [0.29, 0.717) is 4.90 Å². The molecule has 0 radical (unpaired) electrons. The number of aromatic nitrogens is 2. The highest BCUT2D eigenvalue weighted by Gasteiger charge is 2.56. The molecular weight excluding hydrogens is 670 g/mol. The van der Waals surface area contributed by atoms with Gasteiger partial charge in [0, 0.05) is 17.1 Å². The second-order valence-electron chi connectivity index (χ2n) is 12.8. The zero-order valence-electron chi connectivity index (χ0n) is 26.5. The molecule has 0 unspecified atom stereocenters. The number of fused-ring (bicyclic) bond motifs is 1. The number of carbonyl (C=O) groups is 3. The lowest BCUT2D eigenvalue weighted by atomic mass is 9.76. The minimum absolute atomic E-state index is 0.0665. The third-order valence-electron chi connectivity index (χ3n) is 6.74. The van der Waals surface area contributed by atoms with Crippen LogP contribution in [0.2, 0.25) is 0 Å². The lowest BCUT2D eigenvalue weighted by Crippen LogP contribution is -2.57. The third-order valence-corrected chi connectivity index (χ3v) is 8.85. The summed E-state index contributed by atoms with van der Waals surface area (Å²) in [7, 11) is 0. The molecule has 4 rings (SSSR count). The number of carbonyl (C=O) groups excluding carboxylic acids is 3. The van der Waals surface area contributed by atoms with Crippen molar-refractivity contribution in [2.75, 3.05) is 31.0 Å². The summed E-state index contributed by atoms with van der Waals surface area (Å²) < 4.78 is 74.1. The van der Waals surface area contributed by atoms with Gasteiger partial charge in [-0.05, 0) is 60.1 Å². The molecule has 0 bridgehead atoms.